The third-order valence-corrected chi connectivity index (χ3v) is 11.9. The fraction of sp³-hybridized carbons (Fsp3) is 1.00. The summed E-state index contributed by atoms with van der Waals surface area (Å²) in [5.74, 6) is 0. The number of hydrogen-bond acceptors (Lipinski definition) is 0. The molecule has 0 aliphatic carbocycles. The van der Waals surface area contributed by atoms with E-state index in [4.69, 9.17) is 0 Å². The first kappa shape index (κ1) is 46.2. The summed E-state index contributed by atoms with van der Waals surface area (Å²) in [4.78, 5) is 0. The van der Waals surface area contributed by atoms with Crippen molar-refractivity contribution in [3.05, 3.63) is 0 Å². The van der Waals surface area contributed by atoms with Crippen LogP contribution in [0.4, 0.5) is 0 Å². The maximum absolute atomic E-state index is 2.60. The molecule has 0 aromatic heterocycles. The van der Waals surface area contributed by atoms with E-state index in [0.29, 0.717) is 0 Å². The summed E-state index contributed by atoms with van der Waals surface area (Å²) in [7, 11) is 3.98. The van der Waals surface area contributed by atoms with Crippen LogP contribution in [0.5, 0.6) is 0 Å². The number of unbranched alkanes of at least 4 members (excludes halogenated alkanes) is 34. The van der Waals surface area contributed by atoms with Gasteiger partial charge in [-0.15, -0.1) is 0 Å². The van der Waals surface area contributed by atoms with Crippen LogP contribution >= 0.6 is 0 Å². The Balaban J connectivity index is 3.55. The van der Waals surface area contributed by atoms with Crippen molar-refractivity contribution in [2.24, 2.45) is 0 Å². The monoisotopic (exact) mass is 665 g/mol. The predicted octanol–water partition coefficient (Wildman–Crippen LogP) is 14.7. The fourth-order valence-electron chi connectivity index (χ4n) is 7.67. The van der Waals surface area contributed by atoms with Crippen molar-refractivity contribution in [3.8, 4) is 0 Å². The Hall–Kier alpha value is 0.177. The third kappa shape index (κ3) is 37.0. The van der Waals surface area contributed by atoms with Crippen LogP contribution in [-0.2, 0) is 0 Å². The van der Waals surface area contributed by atoms with E-state index in [1.54, 1.807) is 0 Å². The van der Waals surface area contributed by atoms with Crippen molar-refractivity contribution < 1.29 is 4.48 Å². The maximum Gasteiger partial charge on any atom is 0.0784 e. The van der Waals surface area contributed by atoms with Gasteiger partial charge in [-0.3, -0.25) is 0 Å². The third-order valence-electron chi connectivity index (χ3n) is 11.2. The lowest BCUT2D eigenvalue weighted by Gasteiger charge is -2.35. The molecule has 0 heterocycles. The molecule has 0 saturated heterocycles. The smallest absolute Gasteiger partial charge is 0.0784 e. The zero-order valence-electron chi connectivity index (χ0n) is 33.4. The highest BCUT2D eigenvalue weighted by Crippen LogP contribution is 2.18. The summed E-state index contributed by atoms with van der Waals surface area (Å²) < 4.78 is 1.37. The molecular weight excluding hydrogens is 571 g/mol. The molecule has 0 aliphatic rings. The highest BCUT2D eigenvalue weighted by atomic mass is 28.1. The minimum absolute atomic E-state index is 1.37. The van der Waals surface area contributed by atoms with Gasteiger partial charge < -0.3 is 4.48 Å². The zero-order chi connectivity index (χ0) is 33.5. The minimum atomic E-state index is 1.37. The second-order valence-electron chi connectivity index (χ2n) is 16.2. The molecule has 0 aromatic rings. The Morgan fingerprint density at radius 3 is 0.630 bits per heavy atom. The fourth-order valence-corrected chi connectivity index (χ4v) is 7.98. The molecule has 0 N–H and O–H groups in total. The Kier molecular flexibility index (Phi) is 39.8. The number of nitrogens with zero attached hydrogens (tertiary/aromatic N) is 1. The van der Waals surface area contributed by atoms with Crippen molar-refractivity contribution >= 4 is 10.2 Å². The second kappa shape index (κ2) is 39.6. The summed E-state index contributed by atoms with van der Waals surface area (Å²) in [5.41, 5.74) is 0. The summed E-state index contributed by atoms with van der Waals surface area (Å²) in [5, 5.41) is 0. The van der Waals surface area contributed by atoms with Crippen molar-refractivity contribution in [3.63, 3.8) is 0 Å². The van der Waals surface area contributed by atoms with Gasteiger partial charge in [0.05, 0.1) is 26.7 Å². The van der Waals surface area contributed by atoms with E-state index < -0.39 is 0 Å². The normalized spacial score (nSPS) is 12.1. The van der Waals surface area contributed by atoms with E-state index >= 15 is 0 Å². The molecule has 46 heavy (non-hydrogen) atoms. The van der Waals surface area contributed by atoms with Gasteiger partial charge in [0.2, 0.25) is 0 Å². The molecule has 0 rings (SSSR count). The average molecular weight is 665 g/mol. The SMILES string of the molecule is CCCCCCCCCCCCCCCCCCCC[N+](C)(CCC[SiH3])CCCCCCCCCCCCCCCCCCCC. The van der Waals surface area contributed by atoms with Gasteiger partial charge in [-0.2, -0.15) is 0 Å². The molecule has 0 aliphatic heterocycles. The highest BCUT2D eigenvalue weighted by Gasteiger charge is 2.19. The van der Waals surface area contributed by atoms with Gasteiger partial charge in [-0.05, 0) is 32.1 Å². The van der Waals surface area contributed by atoms with E-state index in [2.05, 4.69) is 20.9 Å². The molecule has 0 radical (unpaired) electrons. The Morgan fingerprint density at radius 1 is 0.261 bits per heavy atom. The first-order valence-electron chi connectivity index (χ1n) is 22.5. The largest absolute Gasteiger partial charge is 0.326 e. The van der Waals surface area contributed by atoms with Gasteiger partial charge >= 0.3 is 0 Å². The van der Waals surface area contributed by atoms with Crippen LogP contribution in [0.25, 0.3) is 0 Å². The predicted molar refractivity (Wildman–Crippen MR) is 218 cm³/mol. The number of hydrogen-bond donors (Lipinski definition) is 0. The molecule has 0 spiro atoms. The van der Waals surface area contributed by atoms with Gasteiger partial charge in [0, 0.05) is 10.2 Å². The standard InChI is InChI=1S/C44H94NSi/c1-4-6-8-10-12-14-16-18-20-22-24-26-28-30-32-34-36-38-41-45(3,43-40-44-46)42-39-37-35-33-31-29-27-25-23-21-19-17-15-13-11-9-7-5-2/h4-44H2,1-3,46H3/q+1. The summed E-state index contributed by atoms with van der Waals surface area (Å²) in [6.45, 7) is 8.96. The Labute approximate surface area is 298 Å². The van der Waals surface area contributed by atoms with Crippen LogP contribution in [0.2, 0.25) is 6.04 Å². The van der Waals surface area contributed by atoms with E-state index in [1.807, 2.05) is 0 Å². The van der Waals surface area contributed by atoms with Gasteiger partial charge in [0.1, 0.15) is 0 Å². The Morgan fingerprint density at radius 2 is 0.435 bits per heavy atom. The topological polar surface area (TPSA) is 0 Å². The summed E-state index contributed by atoms with van der Waals surface area (Å²) in [6, 6.07) is 1.49. The minimum Gasteiger partial charge on any atom is -0.326 e. The second-order valence-corrected chi connectivity index (χ2v) is 17.2. The molecule has 2 heteroatoms. The average Bonchev–Trinajstić information content (AvgIpc) is 3.06. The van der Waals surface area contributed by atoms with Crippen LogP contribution < -0.4 is 0 Å². The number of rotatable bonds is 41. The molecule has 0 unspecified atom stereocenters. The molecule has 0 bridgehead atoms. The first-order chi connectivity index (χ1) is 22.7. The summed E-state index contributed by atoms with van der Waals surface area (Å²) in [6.07, 6.45) is 54.6. The van der Waals surface area contributed by atoms with Crippen LogP contribution in [0, 0.1) is 0 Å². The molecule has 1 nitrogen and oxygen atoms in total. The van der Waals surface area contributed by atoms with Crippen molar-refractivity contribution in [2.75, 3.05) is 26.7 Å². The van der Waals surface area contributed by atoms with Crippen molar-refractivity contribution in [1.82, 2.24) is 0 Å². The van der Waals surface area contributed by atoms with Gasteiger partial charge in [0.15, 0.2) is 0 Å². The van der Waals surface area contributed by atoms with Crippen LogP contribution in [0.1, 0.15) is 251 Å². The Bertz CT molecular complexity index is 494. The molecular formula is C44H94NSi+. The first-order valence-corrected chi connectivity index (χ1v) is 23.9. The van der Waals surface area contributed by atoms with Gasteiger partial charge in [-0.1, -0.05) is 225 Å². The van der Waals surface area contributed by atoms with Crippen molar-refractivity contribution in [2.45, 2.75) is 257 Å². The molecule has 0 atom stereocenters. The van der Waals surface area contributed by atoms with Gasteiger partial charge in [0.25, 0.3) is 0 Å². The number of quaternary nitrogens is 1. The lowest BCUT2D eigenvalue weighted by Crippen LogP contribution is -2.46. The lowest BCUT2D eigenvalue weighted by molar-refractivity contribution is -0.910. The van der Waals surface area contributed by atoms with Crippen LogP contribution in [0.3, 0.4) is 0 Å². The van der Waals surface area contributed by atoms with Crippen LogP contribution in [0.15, 0.2) is 0 Å². The van der Waals surface area contributed by atoms with Crippen LogP contribution in [-0.4, -0.2) is 41.4 Å². The molecule has 0 aromatic carbocycles. The highest BCUT2D eigenvalue weighted by molar-refractivity contribution is 6.08. The zero-order valence-corrected chi connectivity index (χ0v) is 35.4. The molecule has 0 fully saturated rings. The van der Waals surface area contributed by atoms with Crippen molar-refractivity contribution in [1.29, 1.82) is 0 Å². The van der Waals surface area contributed by atoms with E-state index in [1.165, 1.54) is 278 Å². The van der Waals surface area contributed by atoms with Gasteiger partial charge in [-0.25, -0.2) is 0 Å². The molecule has 278 valence electrons. The lowest BCUT2D eigenvalue weighted by atomic mass is 10.0. The quantitative estimate of drug-likeness (QED) is 0.0347. The van der Waals surface area contributed by atoms with E-state index in [0.717, 1.165) is 0 Å². The molecule has 0 amide bonds. The van der Waals surface area contributed by atoms with E-state index in [-0.39, 0.29) is 0 Å². The van der Waals surface area contributed by atoms with E-state index in [9.17, 15) is 0 Å². The molecule has 0 saturated carbocycles. The summed E-state index contributed by atoms with van der Waals surface area (Å²) >= 11 is 0. The maximum atomic E-state index is 2.60.